The van der Waals surface area contributed by atoms with Gasteiger partial charge in [-0.2, -0.15) is 18.3 Å². The number of benzene rings is 2. The topological polar surface area (TPSA) is 117 Å². The molecule has 0 unspecified atom stereocenters. The predicted molar refractivity (Wildman–Crippen MR) is 95.0 cm³/mol. The van der Waals surface area contributed by atoms with Crippen molar-refractivity contribution in [2.45, 2.75) is 12.6 Å². The zero-order valence-electron chi connectivity index (χ0n) is 14.2. The first-order chi connectivity index (χ1) is 13.2. The summed E-state index contributed by atoms with van der Waals surface area (Å²) in [4.78, 5) is 21.7. The Hall–Kier alpha value is -3.63. The van der Waals surface area contributed by atoms with Crippen LogP contribution in [0.4, 0.5) is 24.5 Å². The monoisotopic (exact) mass is 396 g/mol. The lowest BCUT2D eigenvalue weighted by molar-refractivity contribution is -0.384. The second kappa shape index (κ2) is 8.84. The number of hydrogen-bond acceptors (Lipinski definition) is 6. The van der Waals surface area contributed by atoms with Gasteiger partial charge in [0.1, 0.15) is 11.4 Å². The Bertz CT molecular complexity index is 900. The van der Waals surface area contributed by atoms with Crippen molar-refractivity contribution in [1.29, 1.82) is 0 Å². The van der Waals surface area contributed by atoms with Crippen LogP contribution in [0.15, 0.2) is 47.6 Å². The standard InChI is InChI=1S/C17H15F3N4O4/c18-17(19,20)12-5-6-13(14(9-12)24(27)28)21-8-7-16(26)23-22-10-11-3-1-2-4-15(11)25/h1-6,9-10,21,25H,7-8H2,(H,23,26)/b22-10-. The van der Waals surface area contributed by atoms with Gasteiger partial charge in [0.15, 0.2) is 0 Å². The number of nitro benzene ring substituents is 1. The third-order valence-corrected chi connectivity index (χ3v) is 3.52. The molecule has 2 aromatic carbocycles. The summed E-state index contributed by atoms with van der Waals surface area (Å²) in [6.07, 6.45) is -3.61. The van der Waals surface area contributed by atoms with Gasteiger partial charge in [0, 0.05) is 24.6 Å². The van der Waals surface area contributed by atoms with Crippen LogP contribution in [0.25, 0.3) is 0 Å². The van der Waals surface area contributed by atoms with Crippen molar-refractivity contribution in [1.82, 2.24) is 5.43 Å². The molecule has 0 heterocycles. The van der Waals surface area contributed by atoms with Gasteiger partial charge in [-0.15, -0.1) is 0 Å². The summed E-state index contributed by atoms with van der Waals surface area (Å²) in [7, 11) is 0. The van der Waals surface area contributed by atoms with Crippen molar-refractivity contribution in [3.8, 4) is 5.75 Å². The maximum absolute atomic E-state index is 12.7. The van der Waals surface area contributed by atoms with E-state index in [0.717, 1.165) is 6.07 Å². The summed E-state index contributed by atoms with van der Waals surface area (Å²) in [5, 5.41) is 26.8. The van der Waals surface area contributed by atoms with Crippen molar-refractivity contribution in [2.24, 2.45) is 5.10 Å². The molecule has 0 aliphatic heterocycles. The highest BCUT2D eigenvalue weighted by Gasteiger charge is 2.33. The molecule has 0 radical (unpaired) electrons. The fourth-order valence-corrected chi connectivity index (χ4v) is 2.15. The minimum atomic E-state index is -4.70. The molecule has 148 valence electrons. The zero-order chi connectivity index (χ0) is 20.7. The number of anilines is 1. The number of nitro groups is 1. The van der Waals surface area contributed by atoms with Crippen LogP contribution >= 0.6 is 0 Å². The van der Waals surface area contributed by atoms with Crippen LogP contribution in [0, 0.1) is 10.1 Å². The second-order valence-corrected chi connectivity index (χ2v) is 5.52. The van der Waals surface area contributed by atoms with Gasteiger partial charge in [0.2, 0.25) is 5.91 Å². The molecule has 2 rings (SSSR count). The first-order valence-corrected chi connectivity index (χ1v) is 7.88. The fourth-order valence-electron chi connectivity index (χ4n) is 2.15. The van der Waals surface area contributed by atoms with E-state index in [4.69, 9.17) is 0 Å². The highest BCUT2D eigenvalue weighted by molar-refractivity contribution is 5.85. The molecule has 0 fully saturated rings. The number of hydrazone groups is 1. The zero-order valence-corrected chi connectivity index (χ0v) is 14.2. The van der Waals surface area contributed by atoms with E-state index in [9.17, 15) is 33.2 Å². The summed E-state index contributed by atoms with van der Waals surface area (Å²) in [5.74, 6) is -0.550. The summed E-state index contributed by atoms with van der Waals surface area (Å²) >= 11 is 0. The van der Waals surface area contributed by atoms with Gasteiger partial charge in [-0.25, -0.2) is 5.43 Å². The van der Waals surface area contributed by atoms with Crippen LogP contribution in [0.3, 0.4) is 0 Å². The molecule has 0 spiro atoms. The maximum Gasteiger partial charge on any atom is 0.416 e. The van der Waals surface area contributed by atoms with E-state index in [2.05, 4.69) is 15.8 Å². The average Bonchev–Trinajstić information content (AvgIpc) is 2.62. The molecular weight excluding hydrogens is 381 g/mol. The minimum Gasteiger partial charge on any atom is -0.507 e. The van der Waals surface area contributed by atoms with Gasteiger partial charge in [0.25, 0.3) is 5.69 Å². The molecule has 8 nitrogen and oxygen atoms in total. The molecule has 0 aliphatic rings. The summed E-state index contributed by atoms with van der Waals surface area (Å²) in [5.41, 5.74) is 0.582. The van der Waals surface area contributed by atoms with Crippen LogP contribution in [0.1, 0.15) is 17.5 Å². The van der Waals surface area contributed by atoms with Gasteiger partial charge in [-0.3, -0.25) is 14.9 Å². The number of carbonyl (C=O) groups excluding carboxylic acids is 1. The Morgan fingerprint density at radius 2 is 1.96 bits per heavy atom. The molecule has 11 heteroatoms. The van der Waals surface area contributed by atoms with Crippen LogP contribution in [0.5, 0.6) is 5.75 Å². The lowest BCUT2D eigenvalue weighted by atomic mass is 10.1. The van der Waals surface area contributed by atoms with E-state index < -0.39 is 28.3 Å². The average molecular weight is 396 g/mol. The van der Waals surface area contributed by atoms with Gasteiger partial charge in [0.05, 0.1) is 16.7 Å². The SMILES string of the molecule is O=C(CCNc1ccc(C(F)(F)F)cc1[N+](=O)[O-])N/N=C\c1ccccc1O. The van der Waals surface area contributed by atoms with E-state index in [1.165, 1.54) is 12.3 Å². The number of halogens is 3. The number of nitrogens with one attached hydrogen (secondary N) is 2. The van der Waals surface area contributed by atoms with Crippen molar-refractivity contribution >= 4 is 23.5 Å². The van der Waals surface area contributed by atoms with E-state index in [-0.39, 0.29) is 24.4 Å². The van der Waals surface area contributed by atoms with Gasteiger partial charge < -0.3 is 10.4 Å². The minimum absolute atomic E-state index is 0.0169. The highest BCUT2D eigenvalue weighted by atomic mass is 19.4. The second-order valence-electron chi connectivity index (χ2n) is 5.52. The number of hydrogen-bond donors (Lipinski definition) is 3. The molecule has 0 aliphatic carbocycles. The quantitative estimate of drug-likeness (QED) is 0.377. The fraction of sp³-hybridized carbons (Fsp3) is 0.176. The maximum atomic E-state index is 12.7. The smallest absolute Gasteiger partial charge is 0.416 e. The number of rotatable bonds is 7. The number of alkyl halides is 3. The molecule has 0 bridgehead atoms. The van der Waals surface area contributed by atoms with E-state index in [0.29, 0.717) is 17.7 Å². The molecule has 28 heavy (non-hydrogen) atoms. The first kappa shape index (κ1) is 20.7. The number of amides is 1. The molecule has 0 atom stereocenters. The van der Waals surface area contributed by atoms with E-state index in [1.807, 2.05) is 0 Å². The van der Waals surface area contributed by atoms with Gasteiger partial charge in [-0.1, -0.05) is 12.1 Å². The van der Waals surface area contributed by atoms with Crippen LogP contribution < -0.4 is 10.7 Å². The third-order valence-electron chi connectivity index (χ3n) is 3.52. The van der Waals surface area contributed by atoms with E-state index in [1.54, 1.807) is 18.2 Å². The summed E-state index contributed by atoms with van der Waals surface area (Å²) in [6.45, 7) is -0.0653. The summed E-state index contributed by atoms with van der Waals surface area (Å²) in [6, 6.07) is 8.40. The molecule has 0 aromatic heterocycles. The molecule has 0 saturated heterocycles. The van der Waals surface area contributed by atoms with Crippen LogP contribution in [0.2, 0.25) is 0 Å². The first-order valence-electron chi connectivity index (χ1n) is 7.88. The lowest BCUT2D eigenvalue weighted by Gasteiger charge is -2.10. The number of phenols is 1. The number of carbonyl (C=O) groups is 1. The number of nitrogens with zero attached hydrogens (tertiary/aromatic N) is 2. The Labute approximate surface area is 156 Å². The van der Waals surface area contributed by atoms with Crippen molar-refractivity contribution in [3.05, 3.63) is 63.7 Å². The molecular formula is C17H15F3N4O4. The van der Waals surface area contributed by atoms with Crippen LogP contribution in [-0.2, 0) is 11.0 Å². The lowest BCUT2D eigenvalue weighted by Crippen LogP contribution is -2.21. The Balaban J connectivity index is 1.91. The van der Waals surface area contributed by atoms with E-state index >= 15 is 0 Å². The molecule has 0 saturated carbocycles. The molecule has 2 aromatic rings. The largest absolute Gasteiger partial charge is 0.507 e. The van der Waals surface area contributed by atoms with Gasteiger partial charge >= 0.3 is 6.18 Å². The number of aromatic hydroxyl groups is 1. The third kappa shape index (κ3) is 5.69. The predicted octanol–water partition coefficient (Wildman–Crippen LogP) is 3.27. The number of phenolic OH excluding ortho intramolecular Hbond substituents is 1. The van der Waals surface area contributed by atoms with Crippen LogP contribution in [-0.4, -0.2) is 28.7 Å². The Morgan fingerprint density at radius 3 is 2.61 bits per heavy atom. The normalized spacial score (nSPS) is 11.4. The van der Waals surface area contributed by atoms with Crippen molar-refractivity contribution in [2.75, 3.05) is 11.9 Å². The molecule has 1 amide bonds. The molecule has 3 N–H and O–H groups in total. The van der Waals surface area contributed by atoms with Crippen molar-refractivity contribution in [3.63, 3.8) is 0 Å². The Kier molecular flexibility index (Phi) is 6.53. The van der Waals surface area contributed by atoms with Crippen molar-refractivity contribution < 1.29 is 28.0 Å². The highest BCUT2D eigenvalue weighted by Crippen LogP contribution is 2.34. The van der Waals surface area contributed by atoms with Gasteiger partial charge in [-0.05, 0) is 24.3 Å². The Morgan fingerprint density at radius 1 is 1.25 bits per heavy atom. The number of para-hydroxylation sites is 1. The summed E-state index contributed by atoms with van der Waals surface area (Å²) < 4.78 is 38.0.